The van der Waals surface area contributed by atoms with Crippen molar-refractivity contribution in [3.05, 3.63) is 6.42 Å². The van der Waals surface area contributed by atoms with E-state index in [0.29, 0.717) is 0 Å². The Morgan fingerprint density at radius 3 is 0.857 bits per heavy atom. The van der Waals surface area contributed by atoms with Crippen molar-refractivity contribution >= 4 is 0 Å². The van der Waals surface area contributed by atoms with E-state index in [1.807, 2.05) is 0 Å². The summed E-state index contributed by atoms with van der Waals surface area (Å²) in [6.45, 7) is 0. The minimum absolute atomic E-state index is 0.955. The van der Waals surface area contributed by atoms with Gasteiger partial charge in [0, 0.05) is 0 Å². The van der Waals surface area contributed by atoms with Crippen LogP contribution in [0.5, 0.6) is 0 Å². The monoisotopic (exact) mass is 291 g/mol. The lowest BCUT2D eigenvalue weighted by Gasteiger charge is -2.25. The quantitative estimate of drug-likeness (QED) is 0.495. The Labute approximate surface area is 134 Å². The van der Waals surface area contributed by atoms with Crippen molar-refractivity contribution in [2.75, 3.05) is 0 Å². The first-order chi connectivity index (χ1) is 10.4. The van der Waals surface area contributed by atoms with Gasteiger partial charge in [0.05, 0.1) is 0 Å². The highest BCUT2D eigenvalue weighted by atomic mass is 14.2. The lowest BCUT2D eigenvalue weighted by atomic mass is 9.81. The fraction of sp³-hybridized carbons (Fsp3) is 0.952. The Balaban J connectivity index is 1.74. The molecule has 123 valence electrons. The second-order valence-electron chi connectivity index (χ2n) is 7.82. The molecule has 0 nitrogen and oxygen atoms in total. The standard InChI is InChI=1S/C21H39/c1-3-7-11-15-20(16-12-8-4-1)19-21-17-13-9-5-2-6-10-14-18-21/h19-21H,1-18H2. The number of hydrogen-bond donors (Lipinski definition) is 0. The Bertz CT molecular complexity index is 188. The third kappa shape index (κ3) is 8.27. The maximum atomic E-state index is 2.84. The molecule has 0 aliphatic heterocycles. The van der Waals surface area contributed by atoms with E-state index >= 15 is 0 Å². The molecule has 2 rings (SSSR count). The average molecular weight is 292 g/mol. The average Bonchev–Trinajstić information content (AvgIpc) is 2.52. The summed E-state index contributed by atoms with van der Waals surface area (Å²) in [6, 6.07) is 0. The maximum absolute atomic E-state index is 2.84. The minimum Gasteiger partial charge on any atom is -0.0533 e. The minimum atomic E-state index is 0.955. The molecule has 0 amide bonds. The van der Waals surface area contributed by atoms with Crippen molar-refractivity contribution in [3.8, 4) is 0 Å². The molecule has 1 radical (unpaired) electrons. The molecular formula is C21H39. The molecule has 0 heterocycles. The largest absolute Gasteiger partial charge is 0.0533 e. The van der Waals surface area contributed by atoms with Gasteiger partial charge in [0.25, 0.3) is 0 Å². The summed E-state index contributed by atoms with van der Waals surface area (Å²) in [5.74, 6) is 1.91. The zero-order valence-electron chi connectivity index (χ0n) is 14.5. The van der Waals surface area contributed by atoms with Crippen LogP contribution in [-0.4, -0.2) is 0 Å². The Morgan fingerprint density at radius 1 is 0.333 bits per heavy atom. The second kappa shape index (κ2) is 11.6. The Hall–Kier alpha value is 0. The van der Waals surface area contributed by atoms with Gasteiger partial charge in [-0.1, -0.05) is 116 Å². The summed E-state index contributed by atoms with van der Waals surface area (Å²) in [4.78, 5) is 0. The summed E-state index contributed by atoms with van der Waals surface area (Å²) in [7, 11) is 0. The fourth-order valence-corrected chi connectivity index (χ4v) is 4.45. The van der Waals surface area contributed by atoms with Crippen molar-refractivity contribution in [1.29, 1.82) is 0 Å². The van der Waals surface area contributed by atoms with Gasteiger partial charge in [-0.15, -0.1) is 0 Å². The molecule has 2 fully saturated rings. The summed E-state index contributed by atoms with van der Waals surface area (Å²) in [5, 5.41) is 0. The highest BCUT2D eigenvalue weighted by molar-refractivity contribution is 4.84. The first-order valence-corrected chi connectivity index (χ1v) is 10.3. The zero-order chi connectivity index (χ0) is 14.6. The third-order valence-electron chi connectivity index (χ3n) is 5.84. The van der Waals surface area contributed by atoms with Gasteiger partial charge in [0.2, 0.25) is 0 Å². The van der Waals surface area contributed by atoms with Crippen LogP contribution in [0.4, 0.5) is 0 Å². The first-order valence-electron chi connectivity index (χ1n) is 10.3. The normalized spacial score (nSPS) is 26.3. The van der Waals surface area contributed by atoms with Gasteiger partial charge in [-0.2, -0.15) is 0 Å². The number of rotatable bonds is 2. The molecule has 2 saturated carbocycles. The van der Waals surface area contributed by atoms with Gasteiger partial charge < -0.3 is 0 Å². The van der Waals surface area contributed by atoms with Gasteiger partial charge in [-0.05, 0) is 18.3 Å². The Kier molecular flexibility index (Phi) is 9.55. The van der Waals surface area contributed by atoms with Gasteiger partial charge >= 0.3 is 0 Å². The highest BCUT2D eigenvalue weighted by Crippen LogP contribution is 2.31. The topological polar surface area (TPSA) is 0 Å². The van der Waals surface area contributed by atoms with Crippen LogP contribution in [-0.2, 0) is 0 Å². The smallest absolute Gasteiger partial charge is 0.0324 e. The lowest BCUT2D eigenvalue weighted by Crippen LogP contribution is -2.12. The van der Waals surface area contributed by atoms with Crippen molar-refractivity contribution in [2.45, 2.75) is 116 Å². The Morgan fingerprint density at radius 2 is 0.571 bits per heavy atom. The zero-order valence-corrected chi connectivity index (χ0v) is 14.5. The summed E-state index contributed by atoms with van der Waals surface area (Å²) >= 11 is 0. The van der Waals surface area contributed by atoms with Crippen molar-refractivity contribution in [1.82, 2.24) is 0 Å². The van der Waals surface area contributed by atoms with E-state index in [0.717, 1.165) is 11.8 Å². The van der Waals surface area contributed by atoms with Crippen LogP contribution in [0.2, 0.25) is 0 Å². The maximum Gasteiger partial charge on any atom is -0.0324 e. The molecule has 0 saturated heterocycles. The van der Waals surface area contributed by atoms with E-state index in [1.54, 1.807) is 0 Å². The van der Waals surface area contributed by atoms with Crippen LogP contribution in [0.15, 0.2) is 0 Å². The molecular weight excluding hydrogens is 252 g/mol. The van der Waals surface area contributed by atoms with Crippen molar-refractivity contribution in [3.63, 3.8) is 0 Å². The predicted octanol–water partition coefficient (Wildman–Crippen LogP) is 7.47. The van der Waals surface area contributed by atoms with E-state index in [1.165, 1.54) is 116 Å². The van der Waals surface area contributed by atoms with Gasteiger partial charge in [0.15, 0.2) is 0 Å². The van der Waals surface area contributed by atoms with Crippen LogP contribution < -0.4 is 0 Å². The van der Waals surface area contributed by atoms with E-state index in [9.17, 15) is 0 Å². The van der Waals surface area contributed by atoms with Crippen molar-refractivity contribution < 1.29 is 0 Å². The van der Waals surface area contributed by atoms with Crippen molar-refractivity contribution in [2.24, 2.45) is 11.8 Å². The molecule has 0 atom stereocenters. The lowest BCUT2D eigenvalue weighted by molar-refractivity contribution is 0.352. The summed E-state index contributed by atoms with van der Waals surface area (Å²) in [5.41, 5.74) is 0. The van der Waals surface area contributed by atoms with Gasteiger partial charge in [0.1, 0.15) is 0 Å². The first kappa shape index (κ1) is 17.4. The molecule has 0 N–H and O–H groups in total. The van der Waals surface area contributed by atoms with Crippen LogP contribution >= 0.6 is 0 Å². The second-order valence-corrected chi connectivity index (χ2v) is 7.82. The summed E-state index contributed by atoms with van der Waals surface area (Å²) < 4.78 is 0. The van der Waals surface area contributed by atoms with E-state index in [-0.39, 0.29) is 0 Å². The van der Waals surface area contributed by atoms with Crippen LogP contribution in [0.3, 0.4) is 0 Å². The SMILES string of the molecule is [CH](C1CCCCCCCCC1)C1CCCCCCCCC1. The molecule has 2 aliphatic carbocycles. The molecule has 2 aliphatic rings. The molecule has 0 unspecified atom stereocenters. The highest BCUT2D eigenvalue weighted by Gasteiger charge is 2.17. The number of hydrogen-bond acceptors (Lipinski definition) is 0. The molecule has 0 aromatic carbocycles. The third-order valence-corrected chi connectivity index (χ3v) is 5.84. The molecule has 0 aromatic rings. The van der Waals surface area contributed by atoms with Crippen LogP contribution in [0, 0.1) is 18.3 Å². The molecule has 0 spiro atoms. The summed E-state index contributed by atoms with van der Waals surface area (Å²) in [6.07, 6.45) is 29.8. The van der Waals surface area contributed by atoms with Crippen LogP contribution in [0.25, 0.3) is 0 Å². The fourth-order valence-electron chi connectivity index (χ4n) is 4.45. The molecule has 0 bridgehead atoms. The molecule has 0 aromatic heterocycles. The van der Waals surface area contributed by atoms with Gasteiger partial charge in [-0.25, -0.2) is 0 Å². The van der Waals surface area contributed by atoms with E-state index < -0.39 is 0 Å². The van der Waals surface area contributed by atoms with Gasteiger partial charge in [-0.3, -0.25) is 0 Å². The van der Waals surface area contributed by atoms with Crippen LogP contribution in [0.1, 0.15) is 116 Å². The van der Waals surface area contributed by atoms with E-state index in [4.69, 9.17) is 0 Å². The molecule has 0 heteroatoms. The predicted molar refractivity (Wildman–Crippen MR) is 94.4 cm³/mol. The van der Waals surface area contributed by atoms with E-state index in [2.05, 4.69) is 6.42 Å². The molecule has 21 heavy (non-hydrogen) atoms.